The summed E-state index contributed by atoms with van der Waals surface area (Å²) in [4.78, 5) is 15.7. The number of anilines is 1. The molecule has 9 nitrogen and oxygen atoms in total. The van der Waals surface area contributed by atoms with Crippen molar-refractivity contribution in [2.75, 3.05) is 29.5 Å². The first-order valence-corrected chi connectivity index (χ1v) is 16.1. The molecule has 2 aliphatic carbocycles. The van der Waals surface area contributed by atoms with Gasteiger partial charge in [-0.25, -0.2) is 4.68 Å². The maximum Gasteiger partial charge on any atom is 0.225 e. The molecule has 3 aromatic rings. The average molecular weight is 571 g/mol. The van der Waals surface area contributed by atoms with Crippen molar-refractivity contribution in [1.82, 2.24) is 15.1 Å². The van der Waals surface area contributed by atoms with Crippen LogP contribution in [0, 0.1) is 28.6 Å². The molecule has 10 heteroatoms. The van der Waals surface area contributed by atoms with Gasteiger partial charge in [-0.1, -0.05) is 37.1 Å². The van der Waals surface area contributed by atoms with Gasteiger partial charge in [0.25, 0.3) is 0 Å². The molecule has 3 N–H and O–H groups in total. The lowest BCUT2D eigenvalue weighted by Gasteiger charge is -2.41. The minimum absolute atomic E-state index is 0.0712. The van der Waals surface area contributed by atoms with Crippen LogP contribution < -0.4 is 10.2 Å². The van der Waals surface area contributed by atoms with E-state index in [9.17, 15) is 24.4 Å². The lowest BCUT2D eigenvalue weighted by atomic mass is 9.75. The highest BCUT2D eigenvalue weighted by Crippen LogP contribution is 2.44. The van der Waals surface area contributed by atoms with Crippen LogP contribution in [-0.2, 0) is 4.79 Å². The molecule has 2 atom stereocenters. The summed E-state index contributed by atoms with van der Waals surface area (Å²) in [7, 11) is -2.47. The summed E-state index contributed by atoms with van der Waals surface area (Å²) in [5, 5.41) is 27.4. The van der Waals surface area contributed by atoms with Gasteiger partial charge in [0.1, 0.15) is 11.6 Å². The van der Waals surface area contributed by atoms with Crippen molar-refractivity contribution >= 4 is 22.2 Å². The van der Waals surface area contributed by atoms with E-state index in [-0.39, 0.29) is 17.7 Å². The van der Waals surface area contributed by atoms with Crippen molar-refractivity contribution in [3.05, 3.63) is 66.0 Å². The largest absolute Gasteiger partial charge is 0.368 e. The van der Waals surface area contributed by atoms with Gasteiger partial charge in [0.15, 0.2) is 0 Å². The van der Waals surface area contributed by atoms with E-state index in [1.54, 1.807) is 10.7 Å². The molecule has 6 rings (SSSR count). The lowest BCUT2D eigenvalue weighted by Crippen LogP contribution is -2.42. The van der Waals surface area contributed by atoms with E-state index in [0.29, 0.717) is 48.7 Å². The van der Waals surface area contributed by atoms with E-state index >= 15 is 0 Å². The number of carbonyl (C=O) groups is 1. The van der Waals surface area contributed by atoms with Gasteiger partial charge in [-0.15, -0.1) is 0 Å². The fraction of sp³-hybridized carbons (Fsp3) is 0.419. The topological polar surface area (TPSA) is 138 Å². The smallest absolute Gasteiger partial charge is 0.225 e. The van der Waals surface area contributed by atoms with Crippen LogP contribution >= 0.6 is 10.6 Å². The molecule has 2 saturated carbocycles. The zero-order chi connectivity index (χ0) is 28.6. The molecule has 1 aliphatic heterocycles. The highest BCUT2D eigenvalue weighted by Gasteiger charge is 2.47. The van der Waals surface area contributed by atoms with Gasteiger partial charge >= 0.3 is 0 Å². The van der Waals surface area contributed by atoms with Gasteiger partial charge in [-0.3, -0.25) is 13.9 Å². The predicted molar refractivity (Wildman–Crippen MR) is 159 cm³/mol. The van der Waals surface area contributed by atoms with Crippen LogP contribution in [0.1, 0.15) is 55.7 Å². The molecule has 0 unspecified atom stereocenters. The highest BCUT2D eigenvalue weighted by atomic mass is 32.3. The summed E-state index contributed by atoms with van der Waals surface area (Å²) in [5.41, 5.74) is 4.22. The molecule has 212 valence electrons. The predicted octanol–water partition coefficient (Wildman–Crippen LogP) is 5.43. The number of nitrogens with one attached hydrogen (secondary N) is 1. The molecule has 2 heterocycles. The summed E-state index contributed by atoms with van der Waals surface area (Å²) in [6.45, 7) is 1.19. The monoisotopic (exact) mass is 570 g/mol. The van der Waals surface area contributed by atoms with Crippen molar-refractivity contribution in [1.29, 1.82) is 10.5 Å². The van der Waals surface area contributed by atoms with Gasteiger partial charge in [-0.05, 0) is 55.5 Å². The Bertz CT molecular complexity index is 1520. The van der Waals surface area contributed by atoms with Crippen LogP contribution in [0.2, 0.25) is 0 Å². The van der Waals surface area contributed by atoms with E-state index < -0.39 is 16.1 Å². The summed E-state index contributed by atoms with van der Waals surface area (Å²) in [6, 6.07) is 20.1. The molecule has 3 fully saturated rings. The van der Waals surface area contributed by atoms with E-state index in [2.05, 4.69) is 34.5 Å². The van der Waals surface area contributed by atoms with Crippen LogP contribution in [0.15, 0.2) is 54.7 Å². The number of aromatic nitrogens is 2. The van der Waals surface area contributed by atoms with Crippen LogP contribution in [0.3, 0.4) is 0 Å². The van der Waals surface area contributed by atoms with E-state index in [1.165, 1.54) is 0 Å². The standard InChI is InChI=1S/C31H34N6O3S/c32-19-23-5-1-4-8-28(23)37-20-27(22-9-11-24(12-10-22)36-15-17-41(39,40)18-16-36)29(35-37)25-6-2-3-7-26(25)30(38)34-31(21-33)13-14-31/h1,4-5,8-12,20,25-26,39-40H,2-3,6-7,13-18H2,(H,34,38)/t25-,26-/m1/s1. The third-order valence-corrected chi connectivity index (χ3v) is 10.4. The number of amides is 1. The van der Waals surface area contributed by atoms with Crippen molar-refractivity contribution in [2.24, 2.45) is 5.92 Å². The molecular formula is C31H34N6O3S. The third kappa shape index (κ3) is 5.56. The zero-order valence-electron chi connectivity index (χ0n) is 22.9. The number of nitriles is 2. The Morgan fingerprint density at radius 2 is 1.73 bits per heavy atom. The Kier molecular flexibility index (Phi) is 7.25. The molecular weight excluding hydrogens is 536 g/mol. The van der Waals surface area contributed by atoms with Crippen molar-refractivity contribution in [2.45, 2.75) is 50.0 Å². The number of hydrogen-bond acceptors (Lipinski definition) is 7. The minimum Gasteiger partial charge on any atom is -0.368 e. The second kappa shape index (κ2) is 10.9. The van der Waals surface area contributed by atoms with Gasteiger partial charge < -0.3 is 10.2 Å². The van der Waals surface area contributed by atoms with Crippen molar-refractivity contribution in [3.8, 4) is 29.0 Å². The molecule has 0 radical (unpaired) electrons. The zero-order valence-corrected chi connectivity index (χ0v) is 23.7. The third-order valence-electron chi connectivity index (χ3n) is 8.71. The Morgan fingerprint density at radius 3 is 2.41 bits per heavy atom. The first kappa shape index (κ1) is 27.3. The molecule has 0 spiro atoms. The van der Waals surface area contributed by atoms with Crippen LogP contribution in [-0.4, -0.2) is 54.9 Å². The lowest BCUT2D eigenvalue weighted by molar-refractivity contribution is -0.127. The first-order chi connectivity index (χ1) is 19.8. The Labute approximate surface area is 241 Å². The Hall–Kier alpha value is -3.83. The Balaban J connectivity index is 1.37. The molecule has 3 aliphatic rings. The normalized spacial score (nSPS) is 23.6. The molecule has 2 aromatic carbocycles. The van der Waals surface area contributed by atoms with Crippen molar-refractivity contribution < 1.29 is 13.9 Å². The number of hydrogen-bond donors (Lipinski definition) is 3. The van der Waals surface area contributed by atoms with Gasteiger partial charge in [0.2, 0.25) is 5.91 Å². The molecule has 1 saturated heterocycles. The maximum absolute atomic E-state index is 13.5. The summed E-state index contributed by atoms with van der Waals surface area (Å²) >= 11 is 0. The first-order valence-electron chi connectivity index (χ1n) is 14.2. The molecule has 0 bridgehead atoms. The maximum atomic E-state index is 13.5. The molecule has 1 aromatic heterocycles. The van der Waals surface area contributed by atoms with Gasteiger partial charge in [-0.2, -0.15) is 26.2 Å². The molecule has 41 heavy (non-hydrogen) atoms. The molecule has 1 amide bonds. The second-order valence-electron chi connectivity index (χ2n) is 11.4. The van der Waals surface area contributed by atoms with Gasteiger partial charge in [0.05, 0.1) is 34.5 Å². The average Bonchev–Trinajstić information content (AvgIpc) is 3.63. The van der Waals surface area contributed by atoms with Gasteiger partial charge in [0, 0.05) is 42.4 Å². The van der Waals surface area contributed by atoms with E-state index in [1.807, 2.05) is 36.5 Å². The van der Waals surface area contributed by atoms with Crippen molar-refractivity contribution in [3.63, 3.8) is 0 Å². The number of nitrogens with zero attached hydrogens (tertiary/aromatic N) is 5. The fourth-order valence-electron chi connectivity index (χ4n) is 6.10. The fourth-order valence-corrected chi connectivity index (χ4v) is 7.33. The second-order valence-corrected chi connectivity index (χ2v) is 13.8. The number of rotatable bonds is 6. The minimum atomic E-state index is -2.47. The number of carbonyl (C=O) groups excluding carboxylic acids is 1. The van der Waals surface area contributed by atoms with Crippen LogP contribution in [0.4, 0.5) is 5.69 Å². The summed E-state index contributed by atoms with van der Waals surface area (Å²) in [6.07, 6.45) is 6.85. The summed E-state index contributed by atoms with van der Waals surface area (Å²) < 4.78 is 21.8. The van der Waals surface area contributed by atoms with Crippen LogP contribution in [0.25, 0.3) is 16.8 Å². The SMILES string of the molecule is N#Cc1ccccc1-n1cc(-c2ccc(N3CCS(O)(O)CC3)cc2)c([C@@H]2CCCC[C@H]2C(=O)NC2(C#N)CC2)n1. The highest BCUT2D eigenvalue weighted by molar-refractivity contribution is 8.24. The van der Waals surface area contributed by atoms with E-state index in [0.717, 1.165) is 48.2 Å². The quantitative estimate of drug-likeness (QED) is 0.359. The number of para-hydroxylation sites is 1. The number of benzene rings is 2. The van der Waals surface area contributed by atoms with Crippen LogP contribution in [0.5, 0.6) is 0 Å². The Morgan fingerprint density at radius 1 is 1.02 bits per heavy atom. The van der Waals surface area contributed by atoms with E-state index in [4.69, 9.17) is 5.10 Å². The summed E-state index contributed by atoms with van der Waals surface area (Å²) in [5.74, 6) is 0.286.